The highest BCUT2D eigenvalue weighted by atomic mass is 79.9. The molecule has 0 fully saturated rings. The number of hydrogen-bond donors (Lipinski definition) is 1. The highest BCUT2D eigenvalue weighted by Crippen LogP contribution is 2.31. The van der Waals surface area contributed by atoms with Crippen LogP contribution in [-0.2, 0) is 13.1 Å². The van der Waals surface area contributed by atoms with E-state index in [0.29, 0.717) is 13.1 Å². The Morgan fingerprint density at radius 1 is 1.30 bits per heavy atom. The summed E-state index contributed by atoms with van der Waals surface area (Å²) in [5, 5.41) is 6.01. The first kappa shape index (κ1) is 15.3. The van der Waals surface area contributed by atoms with Gasteiger partial charge in [-0.25, -0.2) is 4.98 Å². The van der Waals surface area contributed by atoms with Gasteiger partial charge in [-0.15, -0.1) is 24.5 Å². The molecule has 1 aromatic heterocycles. The molecule has 20 heavy (non-hydrogen) atoms. The number of ether oxygens (including phenoxy) is 1. The molecule has 1 heterocycles. The Hall–Kier alpha value is -1.12. The zero-order valence-electron chi connectivity index (χ0n) is 10.1. The fraction of sp³-hybridized carbons (Fsp3) is 0.250. The number of halogens is 4. The molecule has 0 aliphatic heterocycles. The Labute approximate surface area is 125 Å². The molecule has 0 radical (unpaired) electrons. The van der Waals surface area contributed by atoms with Gasteiger partial charge in [0.05, 0.1) is 4.47 Å². The Morgan fingerprint density at radius 2 is 2.10 bits per heavy atom. The molecule has 2 rings (SSSR count). The molecular formula is C12H10BrF3N2OS. The lowest BCUT2D eigenvalue weighted by atomic mass is 10.2. The van der Waals surface area contributed by atoms with E-state index in [-0.39, 0.29) is 10.2 Å². The zero-order valence-corrected chi connectivity index (χ0v) is 12.5. The number of alkyl halides is 3. The third kappa shape index (κ3) is 4.77. The topological polar surface area (TPSA) is 34.1 Å². The van der Waals surface area contributed by atoms with E-state index in [1.807, 2.05) is 5.38 Å². The van der Waals surface area contributed by atoms with E-state index in [0.717, 1.165) is 10.6 Å². The molecule has 1 aromatic carbocycles. The van der Waals surface area contributed by atoms with E-state index in [4.69, 9.17) is 0 Å². The number of rotatable bonds is 5. The maximum atomic E-state index is 12.1. The number of hydrogen-bond acceptors (Lipinski definition) is 4. The average molecular weight is 367 g/mol. The Balaban J connectivity index is 1.91. The van der Waals surface area contributed by atoms with Crippen molar-refractivity contribution in [3.8, 4) is 5.75 Å². The molecule has 0 aliphatic rings. The van der Waals surface area contributed by atoms with Gasteiger partial charge in [0, 0.05) is 24.7 Å². The van der Waals surface area contributed by atoms with Crippen LogP contribution in [0.15, 0.2) is 34.2 Å². The molecular weight excluding hydrogens is 357 g/mol. The van der Waals surface area contributed by atoms with Gasteiger partial charge in [0.15, 0.2) is 0 Å². The van der Waals surface area contributed by atoms with Gasteiger partial charge in [0.25, 0.3) is 0 Å². The standard InChI is InChI=1S/C12H10BrF3N2OS/c13-9-5-8(1-2-10(9)19-12(14,15)16)6-17-7-11-18-3-4-20-11/h1-5,17H,6-7H2. The van der Waals surface area contributed by atoms with Gasteiger partial charge in [-0.3, -0.25) is 0 Å². The van der Waals surface area contributed by atoms with Crippen molar-refractivity contribution in [1.82, 2.24) is 10.3 Å². The normalized spacial score (nSPS) is 11.6. The fourth-order valence-corrected chi connectivity index (χ4v) is 2.61. The summed E-state index contributed by atoms with van der Waals surface area (Å²) in [5.74, 6) is -0.249. The minimum atomic E-state index is -4.69. The SMILES string of the molecule is FC(F)(F)Oc1ccc(CNCc2nccs2)cc1Br. The maximum Gasteiger partial charge on any atom is 0.573 e. The molecule has 0 atom stereocenters. The lowest BCUT2D eigenvalue weighted by Crippen LogP contribution is -2.17. The third-order valence-corrected chi connectivity index (χ3v) is 3.71. The monoisotopic (exact) mass is 366 g/mol. The predicted octanol–water partition coefficient (Wildman–Crippen LogP) is 4.09. The largest absolute Gasteiger partial charge is 0.573 e. The van der Waals surface area contributed by atoms with Gasteiger partial charge in [0.1, 0.15) is 10.8 Å². The zero-order chi connectivity index (χ0) is 14.6. The molecule has 0 unspecified atom stereocenters. The second-order valence-corrected chi connectivity index (χ2v) is 5.68. The molecule has 8 heteroatoms. The number of thiazole rings is 1. The molecule has 1 N–H and O–H groups in total. The van der Waals surface area contributed by atoms with Crippen LogP contribution in [-0.4, -0.2) is 11.3 Å². The van der Waals surface area contributed by atoms with Crippen molar-refractivity contribution < 1.29 is 17.9 Å². The second-order valence-electron chi connectivity index (χ2n) is 3.84. The van der Waals surface area contributed by atoms with Crippen molar-refractivity contribution in [2.75, 3.05) is 0 Å². The number of nitrogens with one attached hydrogen (secondary N) is 1. The van der Waals surface area contributed by atoms with E-state index in [2.05, 4.69) is 31.0 Å². The first-order chi connectivity index (χ1) is 9.44. The van der Waals surface area contributed by atoms with Gasteiger partial charge >= 0.3 is 6.36 Å². The summed E-state index contributed by atoms with van der Waals surface area (Å²) in [5.41, 5.74) is 0.850. The predicted molar refractivity (Wildman–Crippen MR) is 73.5 cm³/mol. The van der Waals surface area contributed by atoms with Crippen LogP contribution in [0.2, 0.25) is 0 Å². The molecule has 0 aliphatic carbocycles. The summed E-state index contributed by atoms with van der Waals surface area (Å²) in [4.78, 5) is 4.12. The summed E-state index contributed by atoms with van der Waals surface area (Å²) < 4.78 is 40.5. The van der Waals surface area contributed by atoms with Crippen LogP contribution in [0.25, 0.3) is 0 Å². The quantitative estimate of drug-likeness (QED) is 0.864. The van der Waals surface area contributed by atoms with Gasteiger partial charge in [-0.1, -0.05) is 6.07 Å². The summed E-state index contributed by atoms with van der Waals surface area (Å²) >= 11 is 4.61. The highest BCUT2D eigenvalue weighted by molar-refractivity contribution is 9.10. The molecule has 0 saturated heterocycles. The number of aromatic nitrogens is 1. The van der Waals surface area contributed by atoms with Gasteiger partial charge in [0.2, 0.25) is 0 Å². The summed E-state index contributed by atoms with van der Waals surface area (Å²) in [6.45, 7) is 1.15. The van der Waals surface area contributed by atoms with E-state index >= 15 is 0 Å². The van der Waals surface area contributed by atoms with Crippen molar-refractivity contribution >= 4 is 27.3 Å². The van der Waals surface area contributed by atoms with E-state index in [9.17, 15) is 13.2 Å². The van der Waals surface area contributed by atoms with Crippen LogP contribution in [0.3, 0.4) is 0 Å². The smallest absolute Gasteiger partial charge is 0.405 e. The summed E-state index contributed by atoms with van der Waals surface area (Å²) in [6, 6.07) is 4.47. The highest BCUT2D eigenvalue weighted by Gasteiger charge is 2.31. The molecule has 108 valence electrons. The molecule has 2 aromatic rings. The minimum absolute atomic E-state index is 0.249. The molecule has 0 amide bonds. The van der Waals surface area contributed by atoms with E-state index < -0.39 is 6.36 Å². The first-order valence-electron chi connectivity index (χ1n) is 5.57. The summed E-state index contributed by atoms with van der Waals surface area (Å²) in [7, 11) is 0. The van der Waals surface area contributed by atoms with Crippen LogP contribution in [0.1, 0.15) is 10.6 Å². The van der Waals surface area contributed by atoms with Crippen LogP contribution in [0.4, 0.5) is 13.2 Å². The van der Waals surface area contributed by atoms with Crippen molar-refractivity contribution in [2.45, 2.75) is 19.5 Å². The first-order valence-corrected chi connectivity index (χ1v) is 7.24. The summed E-state index contributed by atoms with van der Waals surface area (Å²) in [6.07, 6.45) is -2.96. The van der Waals surface area contributed by atoms with Crippen LogP contribution >= 0.6 is 27.3 Å². The number of benzene rings is 1. The second kappa shape index (κ2) is 6.55. The van der Waals surface area contributed by atoms with Gasteiger partial charge in [-0.2, -0.15) is 0 Å². The van der Waals surface area contributed by atoms with Crippen LogP contribution in [0.5, 0.6) is 5.75 Å². The maximum absolute atomic E-state index is 12.1. The Morgan fingerprint density at radius 3 is 2.70 bits per heavy atom. The van der Waals surface area contributed by atoms with Crippen molar-refractivity contribution in [2.24, 2.45) is 0 Å². The van der Waals surface area contributed by atoms with Crippen molar-refractivity contribution in [3.05, 3.63) is 44.8 Å². The van der Waals surface area contributed by atoms with Gasteiger partial charge in [-0.05, 0) is 33.6 Å². The molecule has 0 spiro atoms. The lowest BCUT2D eigenvalue weighted by molar-refractivity contribution is -0.274. The van der Waals surface area contributed by atoms with E-state index in [1.165, 1.54) is 6.07 Å². The Bertz CT molecular complexity index is 560. The minimum Gasteiger partial charge on any atom is -0.405 e. The lowest BCUT2D eigenvalue weighted by Gasteiger charge is -2.11. The van der Waals surface area contributed by atoms with Crippen molar-refractivity contribution in [1.29, 1.82) is 0 Å². The van der Waals surface area contributed by atoms with Crippen LogP contribution in [0, 0.1) is 0 Å². The third-order valence-electron chi connectivity index (χ3n) is 2.31. The van der Waals surface area contributed by atoms with Crippen molar-refractivity contribution in [3.63, 3.8) is 0 Å². The molecule has 0 bridgehead atoms. The van der Waals surface area contributed by atoms with Crippen LogP contribution < -0.4 is 10.1 Å². The molecule has 3 nitrogen and oxygen atoms in total. The average Bonchev–Trinajstić information content (AvgIpc) is 2.84. The fourth-order valence-electron chi connectivity index (χ4n) is 1.52. The Kier molecular flexibility index (Phi) is 5.00. The van der Waals surface area contributed by atoms with E-state index in [1.54, 1.807) is 29.7 Å². The number of nitrogens with zero attached hydrogens (tertiary/aromatic N) is 1. The molecule has 0 saturated carbocycles. The van der Waals surface area contributed by atoms with Gasteiger partial charge < -0.3 is 10.1 Å².